The van der Waals surface area contributed by atoms with E-state index in [1.807, 2.05) is 102 Å². The van der Waals surface area contributed by atoms with Crippen LogP contribution in [0.4, 0.5) is 0 Å². The molecule has 0 aliphatic carbocycles. The number of ether oxygens (including phenoxy) is 5. The number of hydrogen-bond acceptors (Lipinski definition) is 24. The van der Waals surface area contributed by atoms with Gasteiger partial charge in [-0.05, 0) is 178 Å². The molecule has 12 amide bonds. The van der Waals surface area contributed by atoms with E-state index in [-0.39, 0.29) is 215 Å². The van der Waals surface area contributed by atoms with Crippen molar-refractivity contribution in [2.75, 3.05) is 94.6 Å². The first-order valence-corrected chi connectivity index (χ1v) is 42.4. The number of carbonyl (C=O) groups excluding carboxylic acids is 14. The second-order valence-corrected chi connectivity index (χ2v) is 31.8. The van der Waals surface area contributed by atoms with E-state index >= 15 is 0 Å². The number of rotatable bonds is 53. The first-order valence-electron chi connectivity index (χ1n) is 39.7. The number of nitrogens with two attached hydrogens (primary N) is 2. The molecule has 122 heavy (non-hydrogen) atoms. The van der Waals surface area contributed by atoms with Crippen molar-refractivity contribution in [2.24, 2.45) is 47.1 Å². The normalized spacial score (nSPS) is 11.8. The number of esters is 2. The van der Waals surface area contributed by atoms with Crippen molar-refractivity contribution in [3.8, 4) is 0 Å². The van der Waals surface area contributed by atoms with Crippen LogP contribution in [-0.2, 0) is 115 Å². The fraction of sp³-hybridized carbons (Fsp3) is 0.588. The third-order valence-corrected chi connectivity index (χ3v) is 19.0. The topological polar surface area (TPSA) is 559 Å². The number of aliphatic carboxylic acids is 1. The number of likely N-dealkylation sites (N-methyl/N-ethyl adjacent to an activating group) is 3. The molecular formula is C80H128BI3N14O23U. The minimum absolute atomic E-state index is 0. The number of halogens is 3. The number of benzene rings is 3. The van der Waals surface area contributed by atoms with Crippen molar-refractivity contribution >= 4 is 165 Å². The van der Waals surface area contributed by atoms with E-state index < -0.39 is 95.1 Å². The maximum absolute atomic E-state index is 12.5. The third kappa shape index (κ3) is 63.6. The quantitative estimate of drug-likeness (QED) is 0.00964. The van der Waals surface area contributed by atoms with Crippen molar-refractivity contribution in [3.05, 3.63) is 100 Å². The van der Waals surface area contributed by atoms with Crippen molar-refractivity contribution in [1.29, 1.82) is 1.34 Å². The van der Waals surface area contributed by atoms with Gasteiger partial charge in [0.2, 0.25) is 70.9 Å². The molecule has 3 aromatic rings. The van der Waals surface area contributed by atoms with Gasteiger partial charge >= 0.3 is 17.9 Å². The van der Waals surface area contributed by atoms with Crippen LogP contribution in [0.3, 0.4) is 0 Å². The molecule has 0 bridgehead atoms. The molecule has 37 nitrogen and oxygen atoms in total. The second kappa shape index (κ2) is 75.1. The molecule has 0 unspecified atom stereocenters. The van der Waals surface area contributed by atoms with E-state index in [9.17, 15) is 71.9 Å². The smallest absolute Gasteiger partial charge is 0.309 e. The largest absolute Gasteiger partial charge is 0.481 e. The molecule has 684 valence electrons. The summed E-state index contributed by atoms with van der Waals surface area (Å²) in [6, 6.07) is 21.1. The molecule has 0 heterocycles. The maximum Gasteiger partial charge on any atom is 0.309 e. The molecule has 0 fully saturated rings. The molecule has 0 saturated carbocycles. The Labute approximate surface area is 783 Å². The van der Waals surface area contributed by atoms with Gasteiger partial charge in [-0.15, -0.1) is 0 Å². The van der Waals surface area contributed by atoms with Crippen molar-refractivity contribution in [1.82, 2.24) is 64.0 Å². The first kappa shape index (κ1) is 119. The zero-order valence-electron chi connectivity index (χ0n) is 72.6. The summed E-state index contributed by atoms with van der Waals surface area (Å²) in [6.07, 6.45) is 1.39. The van der Waals surface area contributed by atoms with Crippen LogP contribution in [0, 0.1) is 77.3 Å². The molecule has 19 N–H and O–H groups in total. The van der Waals surface area contributed by atoms with E-state index in [1.165, 1.54) is 44.5 Å². The van der Waals surface area contributed by atoms with Gasteiger partial charge in [-0.25, -0.2) is 11.4 Å². The van der Waals surface area contributed by atoms with E-state index in [4.69, 9.17) is 46.3 Å². The van der Waals surface area contributed by atoms with Gasteiger partial charge in [-0.1, -0.05) is 77.9 Å². The van der Waals surface area contributed by atoms with E-state index in [0.717, 1.165) is 18.3 Å². The van der Waals surface area contributed by atoms with Crippen LogP contribution < -0.4 is 75.6 Å². The van der Waals surface area contributed by atoms with Crippen LogP contribution in [0.25, 0.3) is 0 Å². The Morgan fingerprint density at radius 1 is 0.402 bits per heavy atom. The predicted octanol–water partition coefficient (Wildman–Crippen LogP) is 2.93. The van der Waals surface area contributed by atoms with Crippen LogP contribution in [0.15, 0.2) is 72.8 Å². The van der Waals surface area contributed by atoms with Gasteiger partial charge < -0.3 is 98.2 Å². The second-order valence-electron chi connectivity index (χ2n) is 28.1. The van der Waals surface area contributed by atoms with Crippen LogP contribution >= 0.6 is 67.8 Å². The molecule has 6 atom stereocenters. The van der Waals surface area contributed by atoms with Gasteiger partial charge in [0, 0.05) is 168 Å². The number of amides is 12. The number of methoxy groups -OCH3 is 2. The van der Waals surface area contributed by atoms with Gasteiger partial charge in [0.05, 0.1) is 72.1 Å². The van der Waals surface area contributed by atoms with Gasteiger partial charge in [-0.2, -0.15) is 0 Å². The number of hydroxylamine groups is 1. The van der Waals surface area contributed by atoms with Gasteiger partial charge in [0.15, 0.2) is 0 Å². The standard InChI is InChI=1S/C27H41IN4O7.C26H40IN5O7.C20H35N3O8.C7H8IN.BH.H3NO.U/c1-18(2)15-20(27(37)38-4)16-25(35)32-22(26(36)29-3)9-10-23(33)30-12-14-39-13-11-24(34)31-17-19-5-7-21(28)8-6-19;1-17(2)14-19(25(36)32-38)15-24(35)31-21(26(37)28-3)8-9-22(33)29-11-13-39-12-10-23(34)30-16-18-4-6-20(27)7-5-18;1-13(2)11-14(20(29)30-4)12-17(25)23-15(19(28)21-3)5-6-16(24)22-8-10-31-9-7-18(26)27;8-7-3-1-6(5-9)2-4-7;;1-2;/h5-8,18,20,22H,9-17H2,1-4H3,(H,29,36)(H,30,33)(H,31,34)(H,32,35);4-7,17,19,21,38H,8-16H2,1-3H3,(H,28,37)(H,29,33)(H,30,34)(H,31,35)(H,32,36);13-15H,5-12H2,1-4H3,(H,21,28)(H,22,24)(H,23,25)(H,26,27);1-4H,5,9H2;1H;2H,1H2;/t20-,22+;19-,21+;14-,15+;;;;/m111..../s1/i;;;;1T;;. The molecule has 3 aromatic carbocycles. The minimum atomic E-state index is -0.964. The Bertz CT molecular complexity index is 3410. The summed E-state index contributed by atoms with van der Waals surface area (Å²) in [5.41, 5.74) is 10.2. The van der Waals surface area contributed by atoms with E-state index in [2.05, 4.69) is 153 Å². The van der Waals surface area contributed by atoms with E-state index in [1.54, 1.807) is 5.48 Å². The summed E-state index contributed by atoms with van der Waals surface area (Å²) in [4.78, 5) is 180. The molecular weight excluding hydrogens is 2150 g/mol. The van der Waals surface area contributed by atoms with Crippen LogP contribution in [0.2, 0.25) is 0 Å². The Balaban J connectivity index is -0.000000803. The summed E-state index contributed by atoms with van der Waals surface area (Å²) < 4.78 is 34.2. The summed E-state index contributed by atoms with van der Waals surface area (Å²) in [7, 11) is 10.6. The van der Waals surface area contributed by atoms with Gasteiger partial charge in [0.25, 0.3) is 0 Å². The van der Waals surface area contributed by atoms with Gasteiger partial charge in [-0.3, -0.25) is 77.1 Å². The Kier molecular flexibility index (Phi) is 73.2. The average Bonchev–Trinajstić information content (AvgIpc) is 0.897. The molecule has 3 rings (SSSR count). The zero-order valence-corrected chi connectivity index (χ0v) is 82.2. The van der Waals surface area contributed by atoms with E-state index in [0.29, 0.717) is 38.9 Å². The number of carbonyl (C=O) groups is 15. The monoisotopic (exact) mass is 2280 g/mol. The van der Waals surface area contributed by atoms with Crippen LogP contribution in [0.1, 0.15) is 155 Å². The SMILES string of the molecule is CNC(=O)[C@H](CCC(=O)NCCOCCC(=O)NCc1ccc(I)cc1)NC(=O)C[C@@H](CC(C)C)C(=O)NO.CNC(=O)[C@H](CCC(=O)NCCOCCC(=O)NCc1ccc(I)cc1)NC(=O)C[C@@H](CC(C)C)C(=O)OC.CNC(=O)[C@H](CCC(=O)NCCOCCC(=O)O)NC(=O)C[C@@H](CC(C)C)C(=O)OC.NCc1ccc(I)cc1.NO.[3H][B].[U]. The minimum Gasteiger partial charge on any atom is -0.481 e. The summed E-state index contributed by atoms with van der Waals surface area (Å²) in [5.74, 6) is -4.60. The summed E-state index contributed by atoms with van der Waals surface area (Å²) in [5, 5.41) is 52.7. The molecule has 2 radical (unpaired) electrons. The molecule has 0 aliphatic heterocycles. The van der Waals surface area contributed by atoms with Crippen LogP contribution in [0.5, 0.6) is 0 Å². The maximum atomic E-state index is 12.5. The number of nitrogens with one attached hydrogen (secondary N) is 12. The zero-order chi connectivity index (χ0) is 92.9. The van der Waals surface area contributed by atoms with Crippen molar-refractivity contribution in [2.45, 2.75) is 176 Å². The average molecular weight is 2290 g/mol. The fourth-order valence-corrected chi connectivity index (χ4v) is 11.9. The summed E-state index contributed by atoms with van der Waals surface area (Å²) >= 11 is 6.71. The number of carboxylic acids is 1. The molecule has 42 heteroatoms. The summed E-state index contributed by atoms with van der Waals surface area (Å²) in [6.45, 7) is 14.8. The fourth-order valence-electron chi connectivity index (χ4n) is 10.8. The van der Waals surface area contributed by atoms with Crippen LogP contribution in [-0.4, -0.2) is 227 Å². The number of carboxylic acid groups (broad SMARTS) is 1. The van der Waals surface area contributed by atoms with Gasteiger partial charge in [0.1, 0.15) is 18.1 Å². The predicted molar refractivity (Wildman–Crippen MR) is 477 cm³/mol. The third-order valence-electron chi connectivity index (χ3n) is 16.9. The Morgan fingerprint density at radius 2 is 0.672 bits per heavy atom. The number of hydrogen-bond donors (Lipinski definition) is 17. The molecule has 0 aliphatic rings. The Hall–Kier alpha value is -7.26. The molecule has 0 saturated heterocycles. The van der Waals surface area contributed by atoms with Crippen molar-refractivity contribution < 1.29 is 142 Å². The van der Waals surface area contributed by atoms with Crippen molar-refractivity contribution in [3.63, 3.8) is 0 Å². The molecule has 0 aromatic heterocycles. The Morgan fingerprint density at radius 3 is 0.934 bits per heavy atom. The first-order chi connectivity index (χ1) is 58.0. The molecule has 0 spiro atoms.